The van der Waals surface area contributed by atoms with Crippen molar-refractivity contribution in [3.05, 3.63) is 72.4 Å². The quantitative estimate of drug-likeness (QED) is 0.423. The van der Waals surface area contributed by atoms with Crippen molar-refractivity contribution < 1.29 is 4.42 Å². The Morgan fingerprint density at radius 3 is 2.11 bits per heavy atom. The van der Waals surface area contributed by atoms with Crippen LogP contribution < -0.4 is 0 Å². The Morgan fingerprint density at radius 1 is 0.750 bits per heavy atom. The van der Waals surface area contributed by atoms with Gasteiger partial charge in [-0.1, -0.05) is 78.7 Å². The van der Waals surface area contributed by atoms with E-state index in [9.17, 15) is 0 Å². The van der Waals surface area contributed by atoms with E-state index in [1.165, 1.54) is 0 Å². The average Bonchev–Trinajstić information content (AvgIpc) is 3.42. The van der Waals surface area contributed by atoms with Crippen molar-refractivity contribution in [1.82, 2.24) is 25.6 Å². The Labute approximate surface area is 164 Å². The van der Waals surface area contributed by atoms with Crippen LogP contribution in [0.3, 0.4) is 0 Å². The van der Waals surface area contributed by atoms with E-state index >= 15 is 0 Å². The zero-order valence-electron chi connectivity index (χ0n) is 15.7. The highest BCUT2D eigenvalue weighted by atomic mass is 16.4. The van der Waals surface area contributed by atoms with Crippen molar-refractivity contribution in [3.63, 3.8) is 0 Å². The summed E-state index contributed by atoms with van der Waals surface area (Å²) in [6, 6.07) is 20.4. The van der Waals surface area contributed by atoms with Gasteiger partial charge < -0.3 is 4.42 Å². The smallest absolute Gasteiger partial charge is 0.195 e. The van der Waals surface area contributed by atoms with Gasteiger partial charge in [-0.2, -0.15) is 5.21 Å². The molecule has 0 aliphatic carbocycles. The van der Waals surface area contributed by atoms with E-state index in [0.717, 1.165) is 72.8 Å². The molecular weight excluding hydrogens is 350 g/mol. The van der Waals surface area contributed by atoms with Gasteiger partial charge in [0.1, 0.15) is 5.69 Å². The fraction of sp³-hybridized carbons (Fsp3) is 0.273. The molecule has 0 fully saturated rings. The minimum Gasteiger partial charge on any atom is -0.440 e. The summed E-state index contributed by atoms with van der Waals surface area (Å²) in [6.07, 6.45) is 6.08. The van der Waals surface area contributed by atoms with E-state index in [-0.39, 0.29) is 0 Å². The minimum atomic E-state index is 0.785. The topological polar surface area (TPSA) is 80.5 Å². The van der Waals surface area contributed by atoms with Gasteiger partial charge in [0.15, 0.2) is 17.5 Å². The first-order valence-electron chi connectivity index (χ1n) is 9.73. The molecule has 28 heavy (non-hydrogen) atoms. The predicted molar refractivity (Wildman–Crippen MR) is 107 cm³/mol. The molecule has 0 aliphatic rings. The zero-order chi connectivity index (χ0) is 19.0. The predicted octanol–water partition coefficient (Wildman–Crippen LogP) is 4.87. The highest BCUT2D eigenvalue weighted by Gasteiger charge is 2.16. The maximum Gasteiger partial charge on any atom is 0.195 e. The minimum absolute atomic E-state index is 0.785. The Kier molecular flexibility index (Phi) is 5.87. The first-order chi connectivity index (χ1) is 13.9. The summed E-state index contributed by atoms with van der Waals surface area (Å²) in [4.78, 5) is 4.82. The van der Waals surface area contributed by atoms with E-state index in [4.69, 9.17) is 9.40 Å². The van der Waals surface area contributed by atoms with Crippen molar-refractivity contribution in [1.29, 1.82) is 0 Å². The van der Waals surface area contributed by atoms with Crippen LogP contribution in [0.1, 0.15) is 37.4 Å². The van der Waals surface area contributed by atoms with Crippen LogP contribution >= 0.6 is 0 Å². The molecule has 2 aromatic carbocycles. The molecule has 142 valence electrons. The van der Waals surface area contributed by atoms with Gasteiger partial charge in [0, 0.05) is 24.0 Å². The Morgan fingerprint density at radius 2 is 1.43 bits per heavy atom. The maximum atomic E-state index is 6.18. The molecule has 1 N–H and O–H groups in total. The summed E-state index contributed by atoms with van der Waals surface area (Å²) >= 11 is 0. The number of rotatable bonds is 9. The number of aromatic nitrogens is 5. The van der Waals surface area contributed by atoms with Crippen molar-refractivity contribution in [2.75, 3.05) is 0 Å². The molecule has 0 spiro atoms. The summed E-state index contributed by atoms with van der Waals surface area (Å²) in [7, 11) is 0. The zero-order valence-corrected chi connectivity index (χ0v) is 15.7. The van der Waals surface area contributed by atoms with E-state index in [0.29, 0.717) is 0 Å². The van der Waals surface area contributed by atoms with Gasteiger partial charge in [0.2, 0.25) is 0 Å². The van der Waals surface area contributed by atoms with Crippen molar-refractivity contribution >= 4 is 0 Å². The lowest BCUT2D eigenvalue weighted by Gasteiger charge is -2.00. The van der Waals surface area contributed by atoms with Crippen LogP contribution in [0.2, 0.25) is 0 Å². The number of hydrogen-bond donors (Lipinski definition) is 1. The fourth-order valence-corrected chi connectivity index (χ4v) is 3.25. The molecule has 0 radical (unpaired) electrons. The number of tetrazole rings is 1. The van der Waals surface area contributed by atoms with Crippen molar-refractivity contribution in [2.45, 2.75) is 38.5 Å². The van der Waals surface area contributed by atoms with Crippen LogP contribution in [-0.2, 0) is 12.8 Å². The van der Waals surface area contributed by atoms with Gasteiger partial charge in [0.25, 0.3) is 0 Å². The Bertz CT molecular complexity index is 908. The van der Waals surface area contributed by atoms with Gasteiger partial charge in [-0.15, -0.1) is 10.2 Å². The lowest BCUT2D eigenvalue weighted by Crippen LogP contribution is -1.90. The molecule has 4 rings (SSSR count). The number of aryl methyl sites for hydroxylation is 2. The fourth-order valence-electron chi connectivity index (χ4n) is 3.25. The molecule has 0 bridgehead atoms. The molecule has 6 heteroatoms. The molecule has 6 nitrogen and oxygen atoms in total. The van der Waals surface area contributed by atoms with Crippen LogP contribution in [0.25, 0.3) is 22.6 Å². The van der Waals surface area contributed by atoms with Gasteiger partial charge in [-0.25, -0.2) is 4.98 Å². The molecule has 0 unspecified atom stereocenters. The number of H-pyrrole nitrogens is 1. The summed E-state index contributed by atoms with van der Waals surface area (Å²) < 4.78 is 6.18. The summed E-state index contributed by atoms with van der Waals surface area (Å²) in [5, 5.41) is 14.0. The standard InChI is InChI=1S/C22H23N5O/c1(9-15-19-24-26-27-25-19)2-10-16-20-23-21(17-11-5-3-6-12-17)22(28-20)18-13-7-4-8-14-18/h3-8,11-14H,1-2,9-10,15-16H2,(H,24,25,26,27). The van der Waals surface area contributed by atoms with Crippen LogP contribution in [0, 0.1) is 0 Å². The molecule has 2 heterocycles. The molecule has 0 amide bonds. The second kappa shape index (κ2) is 9.08. The van der Waals surface area contributed by atoms with E-state index in [2.05, 4.69) is 44.9 Å². The third kappa shape index (κ3) is 4.52. The molecule has 4 aromatic rings. The van der Waals surface area contributed by atoms with Crippen LogP contribution in [-0.4, -0.2) is 25.6 Å². The van der Waals surface area contributed by atoms with Crippen LogP contribution in [0.15, 0.2) is 65.1 Å². The number of unbranched alkanes of at least 4 members (excludes halogenated alkanes) is 3. The molecule has 0 saturated carbocycles. The SMILES string of the molecule is c1ccc(-c2nc(CCCCCCc3nn[nH]n3)oc2-c2ccccc2)cc1. The number of benzene rings is 2. The first kappa shape index (κ1) is 18.1. The molecular formula is C22H23N5O. The number of nitrogens with zero attached hydrogens (tertiary/aromatic N) is 4. The van der Waals surface area contributed by atoms with Crippen LogP contribution in [0.5, 0.6) is 0 Å². The van der Waals surface area contributed by atoms with Crippen molar-refractivity contribution in [3.8, 4) is 22.6 Å². The maximum absolute atomic E-state index is 6.18. The van der Waals surface area contributed by atoms with Crippen molar-refractivity contribution in [2.24, 2.45) is 0 Å². The first-order valence-corrected chi connectivity index (χ1v) is 9.73. The highest BCUT2D eigenvalue weighted by molar-refractivity contribution is 5.76. The molecule has 0 aliphatic heterocycles. The third-order valence-corrected chi connectivity index (χ3v) is 4.68. The van der Waals surface area contributed by atoms with E-state index in [1.807, 2.05) is 36.4 Å². The van der Waals surface area contributed by atoms with Gasteiger partial charge in [0.05, 0.1) is 0 Å². The highest BCUT2D eigenvalue weighted by Crippen LogP contribution is 2.32. The Hall–Kier alpha value is -3.28. The van der Waals surface area contributed by atoms with Crippen LogP contribution in [0.4, 0.5) is 0 Å². The van der Waals surface area contributed by atoms with Gasteiger partial charge in [-0.3, -0.25) is 0 Å². The second-order valence-corrected chi connectivity index (χ2v) is 6.76. The molecule has 0 saturated heterocycles. The number of nitrogens with one attached hydrogen (secondary N) is 1. The average molecular weight is 373 g/mol. The third-order valence-electron chi connectivity index (χ3n) is 4.68. The normalized spacial score (nSPS) is 11.0. The summed E-state index contributed by atoms with van der Waals surface area (Å²) in [5.74, 6) is 2.43. The number of hydrogen-bond acceptors (Lipinski definition) is 5. The number of aromatic amines is 1. The van der Waals surface area contributed by atoms with E-state index in [1.54, 1.807) is 0 Å². The Balaban J connectivity index is 1.39. The monoisotopic (exact) mass is 373 g/mol. The molecule has 2 aromatic heterocycles. The summed E-state index contributed by atoms with van der Waals surface area (Å²) in [5.41, 5.74) is 3.05. The molecule has 0 atom stereocenters. The lowest BCUT2D eigenvalue weighted by molar-refractivity contribution is 0.488. The van der Waals surface area contributed by atoms with Gasteiger partial charge in [-0.05, 0) is 12.8 Å². The lowest BCUT2D eigenvalue weighted by atomic mass is 10.1. The van der Waals surface area contributed by atoms with Gasteiger partial charge >= 0.3 is 0 Å². The van der Waals surface area contributed by atoms with E-state index < -0.39 is 0 Å². The second-order valence-electron chi connectivity index (χ2n) is 6.76. The largest absolute Gasteiger partial charge is 0.440 e. The number of oxazole rings is 1. The summed E-state index contributed by atoms with van der Waals surface area (Å²) in [6.45, 7) is 0.